The van der Waals surface area contributed by atoms with Crippen molar-refractivity contribution in [3.8, 4) is 0 Å². The topological polar surface area (TPSA) is 93.2 Å². The van der Waals surface area contributed by atoms with Gasteiger partial charge in [0.05, 0.1) is 33.5 Å². The number of pyridine rings is 1. The molecule has 1 saturated carbocycles. The molecule has 3 aromatic heterocycles. The molecule has 0 bridgehead atoms. The summed E-state index contributed by atoms with van der Waals surface area (Å²) in [6.07, 6.45) is 8.78. The third kappa shape index (κ3) is 3.86. The number of hydrogen-bond donors (Lipinski definition) is 1. The summed E-state index contributed by atoms with van der Waals surface area (Å²) in [4.78, 5) is 27.1. The van der Waals surface area contributed by atoms with Crippen LogP contribution in [-0.2, 0) is 6.42 Å². The molecule has 3 aromatic rings. The van der Waals surface area contributed by atoms with Crippen molar-refractivity contribution in [3.63, 3.8) is 0 Å². The number of piperidine rings is 1. The summed E-state index contributed by atoms with van der Waals surface area (Å²) in [5.41, 5.74) is 8.45. The van der Waals surface area contributed by atoms with Crippen LogP contribution in [0.15, 0.2) is 33.4 Å². The number of anilines is 2. The Balaban J connectivity index is 1.16. The normalized spacial score (nSPS) is 21.1. The number of halogens is 2. The molecule has 4 heterocycles. The van der Waals surface area contributed by atoms with Crippen molar-refractivity contribution in [1.82, 2.24) is 19.9 Å². The third-order valence-electron chi connectivity index (χ3n) is 7.12. The average molecular weight is 533 g/mol. The first-order chi connectivity index (χ1) is 16.5. The highest BCUT2D eigenvalue weighted by atomic mass is 35.5. The van der Waals surface area contributed by atoms with Gasteiger partial charge in [-0.25, -0.2) is 15.0 Å². The molecule has 11 heteroatoms. The van der Waals surface area contributed by atoms with E-state index in [0.717, 1.165) is 67.3 Å². The van der Waals surface area contributed by atoms with Gasteiger partial charge in [0.1, 0.15) is 10.8 Å². The maximum Gasteiger partial charge on any atom is 0.184 e. The van der Waals surface area contributed by atoms with Crippen LogP contribution in [0.3, 0.4) is 0 Å². The van der Waals surface area contributed by atoms with Crippen LogP contribution in [0, 0.1) is 5.41 Å². The van der Waals surface area contributed by atoms with Crippen molar-refractivity contribution in [2.45, 2.75) is 54.0 Å². The van der Waals surface area contributed by atoms with Gasteiger partial charge in [-0.3, -0.25) is 9.98 Å². The summed E-state index contributed by atoms with van der Waals surface area (Å²) in [5.74, 6) is 1.69. The summed E-state index contributed by atoms with van der Waals surface area (Å²) in [6.45, 7) is 5.59. The Kier molecular flexibility index (Phi) is 5.71. The number of fused-ring (bicyclic) bond motifs is 1. The quantitative estimate of drug-likeness (QED) is 0.413. The van der Waals surface area contributed by atoms with E-state index >= 15 is 0 Å². The minimum Gasteiger partial charge on any atom is -0.381 e. The van der Waals surface area contributed by atoms with Gasteiger partial charge in [0.25, 0.3) is 0 Å². The lowest BCUT2D eigenvalue weighted by Gasteiger charge is -2.42. The van der Waals surface area contributed by atoms with Gasteiger partial charge in [-0.1, -0.05) is 35.0 Å². The molecule has 1 spiro atoms. The van der Waals surface area contributed by atoms with E-state index in [0.29, 0.717) is 26.3 Å². The molecule has 0 aromatic carbocycles. The number of aromatic nitrogens is 4. The summed E-state index contributed by atoms with van der Waals surface area (Å²) in [6, 6.07) is 1.97. The zero-order valence-electron chi connectivity index (χ0n) is 18.4. The lowest BCUT2D eigenvalue weighted by Crippen LogP contribution is -2.42. The van der Waals surface area contributed by atoms with E-state index < -0.39 is 0 Å². The van der Waals surface area contributed by atoms with Crippen LogP contribution < -0.4 is 10.6 Å². The summed E-state index contributed by atoms with van der Waals surface area (Å²) >= 11 is 15.7. The molecule has 1 aliphatic heterocycles. The second kappa shape index (κ2) is 8.62. The molecule has 2 aliphatic carbocycles. The second-order valence-electron chi connectivity index (χ2n) is 9.19. The van der Waals surface area contributed by atoms with E-state index in [9.17, 15) is 0 Å². The lowest BCUT2D eigenvalue weighted by molar-refractivity contribution is 0.189. The van der Waals surface area contributed by atoms with Crippen LogP contribution in [0.2, 0.25) is 9.49 Å². The highest BCUT2D eigenvalue weighted by Crippen LogP contribution is 2.56. The molecule has 2 fully saturated rings. The Morgan fingerprint density at radius 3 is 2.71 bits per heavy atom. The molecule has 176 valence electrons. The van der Waals surface area contributed by atoms with Gasteiger partial charge in [-0.2, -0.15) is 0 Å². The Morgan fingerprint density at radius 1 is 1.21 bits per heavy atom. The van der Waals surface area contributed by atoms with Crippen LogP contribution in [-0.4, -0.2) is 39.7 Å². The Morgan fingerprint density at radius 2 is 2.00 bits per heavy atom. The van der Waals surface area contributed by atoms with E-state index in [1.807, 2.05) is 12.3 Å². The molecule has 0 amide bonds. The number of nitrogens with two attached hydrogens (primary N) is 1. The lowest BCUT2D eigenvalue weighted by atomic mass is 9.73. The molecule has 2 N–H and O–H groups in total. The van der Waals surface area contributed by atoms with E-state index in [4.69, 9.17) is 28.9 Å². The van der Waals surface area contributed by atoms with Crippen molar-refractivity contribution < 1.29 is 0 Å². The Labute approximate surface area is 216 Å². The van der Waals surface area contributed by atoms with Crippen LogP contribution in [0.4, 0.5) is 11.6 Å². The van der Waals surface area contributed by atoms with Gasteiger partial charge >= 0.3 is 0 Å². The van der Waals surface area contributed by atoms with Gasteiger partial charge in [-0.05, 0) is 44.9 Å². The molecule has 0 unspecified atom stereocenters. The molecule has 6 rings (SSSR count). The van der Waals surface area contributed by atoms with Crippen molar-refractivity contribution in [2.24, 2.45) is 10.4 Å². The molecular weight excluding hydrogens is 509 g/mol. The monoisotopic (exact) mass is 531 g/mol. The molecule has 7 nitrogen and oxygen atoms in total. The smallest absolute Gasteiger partial charge is 0.184 e. The Hall–Kier alpha value is -1.94. The van der Waals surface area contributed by atoms with Gasteiger partial charge in [0, 0.05) is 35.5 Å². The van der Waals surface area contributed by atoms with Gasteiger partial charge in [0.15, 0.2) is 10.3 Å². The zero-order valence-corrected chi connectivity index (χ0v) is 21.5. The van der Waals surface area contributed by atoms with Gasteiger partial charge in [0.2, 0.25) is 0 Å². The predicted molar refractivity (Wildman–Crippen MR) is 139 cm³/mol. The molecule has 1 atom stereocenters. The fourth-order valence-corrected chi connectivity index (χ4v) is 7.70. The molecular formula is C23H23Cl2N7S2. The second-order valence-corrected chi connectivity index (χ2v) is 12.2. The molecule has 34 heavy (non-hydrogen) atoms. The van der Waals surface area contributed by atoms with E-state index in [2.05, 4.69) is 36.5 Å². The van der Waals surface area contributed by atoms with Crippen LogP contribution in [0.1, 0.15) is 53.9 Å². The fourth-order valence-electron chi connectivity index (χ4n) is 5.17. The Bertz CT molecular complexity index is 1270. The number of hydrogen-bond acceptors (Lipinski definition) is 9. The first-order valence-corrected chi connectivity index (χ1v) is 13.7. The number of rotatable bonds is 5. The van der Waals surface area contributed by atoms with E-state index in [1.54, 1.807) is 6.20 Å². The number of nitrogens with zero attached hydrogens (tertiary/aromatic N) is 6. The predicted octanol–water partition coefficient (Wildman–Crippen LogP) is 5.83. The third-order valence-corrected chi connectivity index (χ3v) is 9.95. The summed E-state index contributed by atoms with van der Waals surface area (Å²) in [7, 11) is 0. The first-order valence-electron chi connectivity index (χ1n) is 11.3. The summed E-state index contributed by atoms with van der Waals surface area (Å²) in [5, 5.41) is 1.36. The van der Waals surface area contributed by atoms with Crippen LogP contribution >= 0.6 is 46.3 Å². The number of aliphatic imine (C=N–C) groups is 1. The van der Waals surface area contributed by atoms with E-state index in [1.165, 1.54) is 28.0 Å². The van der Waals surface area contributed by atoms with Crippen molar-refractivity contribution in [3.05, 3.63) is 44.2 Å². The fraction of sp³-hybridized carbons (Fsp3) is 0.435. The van der Waals surface area contributed by atoms with Crippen LogP contribution in [0.5, 0.6) is 0 Å². The minimum atomic E-state index is 0.0587. The van der Waals surface area contributed by atoms with Crippen molar-refractivity contribution >= 4 is 64.7 Å². The first kappa shape index (κ1) is 22.5. The number of nitrogen functional groups attached to an aromatic ring is 1. The minimum absolute atomic E-state index is 0.0587. The number of thiazole rings is 1. The van der Waals surface area contributed by atoms with Gasteiger partial charge in [-0.15, -0.1) is 11.3 Å². The molecule has 3 aliphatic rings. The van der Waals surface area contributed by atoms with Gasteiger partial charge < -0.3 is 10.6 Å². The maximum absolute atomic E-state index is 6.61. The maximum atomic E-state index is 6.61. The van der Waals surface area contributed by atoms with E-state index in [-0.39, 0.29) is 11.5 Å². The van der Waals surface area contributed by atoms with Crippen molar-refractivity contribution in [2.75, 3.05) is 23.7 Å². The largest absolute Gasteiger partial charge is 0.381 e. The average Bonchev–Trinajstić information content (AvgIpc) is 3.55. The van der Waals surface area contributed by atoms with Crippen molar-refractivity contribution in [1.29, 1.82) is 0 Å². The SMILES string of the molecule is C=N[C@@H]1c2sc(Cl)nc2CC12CCN(c1cnc(Sc3ccnc(C4CC4)c3Cl)c(N)n1)CC2. The molecule has 0 radical (unpaired) electrons. The highest BCUT2D eigenvalue weighted by molar-refractivity contribution is 7.99. The summed E-state index contributed by atoms with van der Waals surface area (Å²) < 4.78 is 0.589. The highest BCUT2D eigenvalue weighted by Gasteiger charge is 2.49. The standard InChI is InChI=1S/C23H23Cl2N7S2/c1-27-19-18-13(30-22(25)34-18)10-23(19)5-8-32(9-6-23)15-11-29-21(20(26)31-15)33-14-4-7-28-17(16(14)24)12-2-3-12/h4,7,11-12,19H,1-3,5-6,8-10H2,(H2,26,31)/t19-/m1/s1. The van der Waals surface area contributed by atoms with Crippen LogP contribution in [0.25, 0.3) is 0 Å². The molecule has 1 saturated heterocycles. The zero-order chi connectivity index (χ0) is 23.4.